The van der Waals surface area contributed by atoms with Gasteiger partial charge >= 0.3 is 0 Å². The van der Waals surface area contributed by atoms with E-state index >= 15 is 0 Å². The Bertz CT molecular complexity index is 1580. The van der Waals surface area contributed by atoms with Crippen molar-refractivity contribution in [2.24, 2.45) is 0 Å². The van der Waals surface area contributed by atoms with Gasteiger partial charge in [0.2, 0.25) is 11.8 Å². The minimum Gasteiger partial charge on any atom is -0.357 e. The van der Waals surface area contributed by atoms with E-state index in [2.05, 4.69) is 21.2 Å². The van der Waals surface area contributed by atoms with Crippen molar-refractivity contribution < 1.29 is 18.0 Å². The molecule has 0 radical (unpaired) electrons. The molecule has 212 valence electrons. The summed E-state index contributed by atoms with van der Waals surface area (Å²) in [5.74, 6) is -0.844. The molecule has 9 heteroatoms. The number of rotatable bonds is 11. The first-order valence-electron chi connectivity index (χ1n) is 13.1. The van der Waals surface area contributed by atoms with Crippen molar-refractivity contribution in [3.05, 3.63) is 130 Å². The van der Waals surface area contributed by atoms with Gasteiger partial charge in [0.1, 0.15) is 12.6 Å². The highest BCUT2D eigenvalue weighted by Gasteiger charge is 2.34. The average molecular weight is 635 g/mol. The van der Waals surface area contributed by atoms with Crippen LogP contribution in [0.3, 0.4) is 0 Å². The smallest absolute Gasteiger partial charge is 0.264 e. The quantitative estimate of drug-likeness (QED) is 0.242. The van der Waals surface area contributed by atoms with Crippen molar-refractivity contribution in [2.75, 3.05) is 17.9 Å². The van der Waals surface area contributed by atoms with Crippen LogP contribution in [0.4, 0.5) is 5.69 Å². The van der Waals surface area contributed by atoms with Crippen LogP contribution in [0.1, 0.15) is 16.7 Å². The number of hydrogen-bond donors (Lipinski definition) is 1. The summed E-state index contributed by atoms with van der Waals surface area (Å²) < 4.78 is 29.6. The third-order valence-electron chi connectivity index (χ3n) is 6.70. The number of likely N-dealkylation sites (N-methyl/N-ethyl adjacent to an activating group) is 1. The Morgan fingerprint density at radius 2 is 1.46 bits per heavy atom. The predicted molar refractivity (Wildman–Crippen MR) is 165 cm³/mol. The van der Waals surface area contributed by atoms with Gasteiger partial charge in [-0.25, -0.2) is 8.42 Å². The van der Waals surface area contributed by atoms with Crippen molar-refractivity contribution in [1.29, 1.82) is 0 Å². The van der Waals surface area contributed by atoms with Gasteiger partial charge in [0.05, 0.1) is 10.6 Å². The largest absolute Gasteiger partial charge is 0.357 e. The van der Waals surface area contributed by atoms with Crippen LogP contribution in [-0.2, 0) is 32.6 Å². The van der Waals surface area contributed by atoms with Gasteiger partial charge < -0.3 is 10.2 Å². The molecule has 0 aliphatic carbocycles. The van der Waals surface area contributed by atoms with Crippen LogP contribution < -0.4 is 9.62 Å². The molecule has 0 aliphatic rings. The predicted octanol–water partition coefficient (Wildman–Crippen LogP) is 5.34. The zero-order valence-electron chi connectivity index (χ0n) is 22.9. The number of carbonyl (C=O) groups is 2. The van der Waals surface area contributed by atoms with Crippen LogP contribution >= 0.6 is 15.9 Å². The van der Waals surface area contributed by atoms with Crippen molar-refractivity contribution in [3.8, 4) is 0 Å². The van der Waals surface area contributed by atoms with Crippen LogP contribution in [0.25, 0.3) is 0 Å². The van der Waals surface area contributed by atoms with Crippen LogP contribution in [0.2, 0.25) is 0 Å². The summed E-state index contributed by atoms with van der Waals surface area (Å²) in [6, 6.07) is 31.1. The summed E-state index contributed by atoms with van der Waals surface area (Å²) in [4.78, 5) is 29.1. The number of benzene rings is 4. The second-order valence-corrected chi connectivity index (χ2v) is 12.4. The van der Waals surface area contributed by atoms with Gasteiger partial charge in [-0.05, 0) is 48.4 Å². The van der Waals surface area contributed by atoms with E-state index in [9.17, 15) is 18.0 Å². The minimum absolute atomic E-state index is 0.0602. The third-order valence-corrected chi connectivity index (χ3v) is 8.98. The number of carbonyl (C=O) groups excluding carboxylic acids is 2. The molecule has 0 aliphatic heterocycles. The molecule has 0 aromatic heterocycles. The topological polar surface area (TPSA) is 86.8 Å². The van der Waals surface area contributed by atoms with Crippen LogP contribution in [0.5, 0.6) is 0 Å². The highest BCUT2D eigenvalue weighted by Crippen LogP contribution is 2.27. The van der Waals surface area contributed by atoms with Crippen LogP contribution in [0.15, 0.2) is 119 Å². The number of aryl methyl sites for hydroxylation is 1. The normalized spacial score (nSPS) is 11.9. The molecular formula is C32H32BrN3O4S. The van der Waals surface area contributed by atoms with E-state index in [0.717, 1.165) is 21.0 Å². The van der Waals surface area contributed by atoms with Gasteiger partial charge in [-0.3, -0.25) is 13.9 Å². The van der Waals surface area contributed by atoms with Gasteiger partial charge in [-0.2, -0.15) is 0 Å². The van der Waals surface area contributed by atoms with Crippen molar-refractivity contribution in [1.82, 2.24) is 10.2 Å². The van der Waals surface area contributed by atoms with Crippen LogP contribution in [0, 0.1) is 6.92 Å². The van der Waals surface area contributed by atoms with Crippen molar-refractivity contribution in [3.63, 3.8) is 0 Å². The van der Waals surface area contributed by atoms with E-state index in [0.29, 0.717) is 10.2 Å². The molecule has 1 atom stereocenters. The molecule has 0 unspecified atom stereocenters. The van der Waals surface area contributed by atoms with Gasteiger partial charge in [-0.15, -0.1) is 0 Å². The molecule has 4 rings (SSSR count). The fourth-order valence-electron chi connectivity index (χ4n) is 4.49. The lowest BCUT2D eigenvalue weighted by Crippen LogP contribution is -2.53. The van der Waals surface area contributed by atoms with Gasteiger partial charge in [0.25, 0.3) is 10.0 Å². The Labute approximate surface area is 250 Å². The first-order valence-corrected chi connectivity index (χ1v) is 15.4. The van der Waals surface area contributed by atoms with Gasteiger partial charge in [0.15, 0.2) is 0 Å². The van der Waals surface area contributed by atoms with Crippen molar-refractivity contribution >= 4 is 43.5 Å². The SMILES string of the molecule is CNC(=O)[C@@H](Cc1ccccc1)N(Cc1ccc(C)cc1)C(=O)CN(c1cccc(Br)c1)S(=O)(=O)c1ccccc1. The summed E-state index contributed by atoms with van der Waals surface area (Å²) in [5.41, 5.74) is 3.09. The lowest BCUT2D eigenvalue weighted by molar-refractivity contribution is -0.139. The Morgan fingerprint density at radius 1 is 0.829 bits per heavy atom. The molecule has 7 nitrogen and oxygen atoms in total. The highest BCUT2D eigenvalue weighted by atomic mass is 79.9. The lowest BCUT2D eigenvalue weighted by Gasteiger charge is -2.33. The van der Waals surface area contributed by atoms with Gasteiger partial charge in [-0.1, -0.05) is 100 Å². The van der Waals surface area contributed by atoms with Crippen LogP contribution in [-0.4, -0.2) is 44.8 Å². The molecular weight excluding hydrogens is 602 g/mol. The molecule has 4 aromatic rings. The zero-order chi connectivity index (χ0) is 29.4. The molecule has 41 heavy (non-hydrogen) atoms. The summed E-state index contributed by atoms with van der Waals surface area (Å²) in [6.07, 6.45) is 0.264. The second-order valence-electron chi connectivity index (χ2n) is 9.63. The molecule has 0 saturated heterocycles. The van der Waals surface area contributed by atoms with E-state index in [-0.39, 0.29) is 23.8 Å². The standard InChI is InChI=1S/C32H32BrN3O4S/c1-24-16-18-26(19-17-24)22-35(30(32(38)34-2)20-25-10-5-3-6-11-25)31(37)23-36(28-13-9-12-27(33)21-28)41(39,40)29-14-7-4-8-15-29/h3-19,21,30H,20,22-23H2,1-2H3,(H,34,38)/t30-/m1/s1. The molecule has 0 saturated carbocycles. The van der Waals surface area contributed by atoms with E-state index in [1.165, 1.54) is 24.1 Å². The molecule has 1 N–H and O–H groups in total. The number of nitrogens with one attached hydrogen (secondary N) is 1. The molecule has 0 bridgehead atoms. The fraction of sp³-hybridized carbons (Fsp3) is 0.188. The maximum Gasteiger partial charge on any atom is 0.264 e. The Kier molecular flexibility index (Phi) is 9.96. The molecule has 0 heterocycles. The maximum absolute atomic E-state index is 14.2. The Morgan fingerprint density at radius 3 is 2.07 bits per heavy atom. The number of hydrogen-bond acceptors (Lipinski definition) is 4. The Balaban J connectivity index is 1.78. The van der Waals surface area contributed by atoms with Gasteiger partial charge in [0, 0.05) is 24.5 Å². The first-order chi connectivity index (χ1) is 19.7. The average Bonchev–Trinajstić information content (AvgIpc) is 2.99. The number of nitrogens with zero attached hydrogens (tertiary/aromatic N) is 2. The summed E-state index contributed by atoms with van der Waals surface area (Å²) in [6.45, 7) is 1.60. The monoisotopic (exact) mass is 633 g/mol. The minimum atomic E-state index is -4.12. The number of halogens is 1. The highest BCUT2D eigenvalue weighted by molar-refractivity contribution is 9.10. The summed E-state index contributed by atoms with van der Waals surface area (Å²) >= 11 is 3.42. The molecule has 4 aromatic carbocycles. The van der Waals surface area contributed by atoms with E-state index < -0.39 is 28.5 Å². The third kappa shape index (κ3) is 7.62. The molecule has 0 spiro atoms. The first kappa shape index (κ1) is 30.0. The summed E-state index contributed by atoms with van der Waals surface area (Å²) in [5, 5.41) is 2.69. The van der Waals surface area contributed by atoms with E-state index in [1.54, 1.807) is 42.5 Å². The maximum atomic E-state index is 14.2. The Hall–Kier alpha value is -3.95. The molecule has 2 amide bonds. The number of anilines is 1. The number of amides is 2. The zero-order valence-corrected chi connectivity index (χ0v) is 25.3. The van der Waals surface area contributed by atoms with E-state index in [1.807, 2.05) is 61.5 Å². The molecule has 0 fully saturated rings. The summed E-state index contributed by atoms with van der Waals surface area (Å²) in [7, 11) is -2.59. The number of sulfonamides is 1. The second kappa shape index (κ2) is 13.6. The van der Waals surface area contributed by atoms with E-state index in [4.69, 9.17) is 0 Å². The fourth-order valence-corrected chi connectivity index (χ4v) is 6.30. The van der Waals surface area contributed by atoms with Crippen molar-refractivity contribution in [2.45, 2.75) is 30.8 Å². The lowest BCUT2D eigenvalue weighted by atomic mass is 10.0.